The summed E-state index contributed by atoms with van der Waals surface area (Å²) in [6, 6.07) is 0. The van der Waals surface area contributed by atoms with Gasteiger partial charge in [-0.05, 0) is 18.3 Å². The van der Waals surface area contributed by atoms with Gasteiger partial charge in [-0.2, -0.15) is 0 Å². The third-order valence-electron chi connectivity index (χ3n) is 3.78. The fourth-order valence-corrected chi connectivity index (χ4v) is 3.52. The minimum atomic E-state index is -0.862. The van der Waals surface area contributed by atoms with Crippen LogP contribution in [-0.4, -0.2) is 35.0 Å². The van der Waals surface area contributed by atoms with E-state index in [4.69, 9.17) is 6.42 Å². The molecule has 0 spiro atoms. The predicted molar refractivity (Wildman–Crippen MR) is 74.5 cm³/mol. The Balaban J connectivity index is 1.86. The Labute approximate surface area is 117 Å². The van der Waals surface area contributed by atoms with Gasteiger partial charge >= 0.3 is 5.97 Å². The number of carboxylic acids is 1. The lowest BCUT2D eigenvalue weighted by Crippen LogP contribution is -2.40. The molecule has 4 atom stereocenters. The largest absolute Gasteiger partial charge is 0.481 e. The summed E-state index contributed by atoms with van der Waals surface area (Å²) in [6.07, 6.45) is 9.85. The van der Waals surface area contributed by atoms with E-state index < -0.39 is 17.8 Å². The van der Waals surface area contributed by atoms with Crippen molar-refractivity contribution in [2.45, 2.75) is 6.42 Å². The summed E-state index contributed by atoms with van der Waals surface area (Å²) in [5.41, 5.74) is 0. The Morgan fingerprint density at radius 3 is 2.68 bits per heavy atom. The van der Waals surface area contributed by atoms with Gasteiger partial charge < -0.3 is 10.4 Å². The van der Waals surface area contributed by atoms with E-state index in [1.165, 1.54) is 0 Å². The quantitative estimate of drug-likeness (QED) is 0.432. The van der Waals surface area contributed by atoms with Gasteiger partial charge in [-0.25, -0.2) is 0 Å². The zero-order valence-corrected chi connectivity index (χ0v) is 11.4. The molecule has 2 unspecified atom stereocenters. The number of terminal acetylenes is 1. The number of hydrogen-bond acceptors (Lipinski definition) is 3. The van der Waals surface area contributed by atoms with Crippen LogP contribution in [0.15, 0.2) is 12.2 Å². The Hall–Kier alpha value is -1.41. The van der Waals surface area contributed by atoms with Gasteiger partial charge in [0.1, 0.15) is 0 Å². The number of carboxylic acid groups (broad SMARTS) is 1. The molecule has 1 amide bonds. The number of carbonyl (C=O) groups excluding carboxylic acids is 1. The summed E-state index contributed by atoms with van der Waals surface area (Å²) in [6.45, 7) is 0.537. The zero-order valence-electron chi connectivity index (χ0n) is 10.5. The molecule has 0 radical (unpaired) electrons. The van der Waals surface area contributed by atoms with Crippen LogP contribution in [0.3, 0.4) is 0 Å². The van der Waals surface area contributed by atoms with Crippen LogP contribution < -0.4 is 5.32 Å². The molecule has 0 aromatic carbocycles. The normalized spacial score (nSPS) is 31.1. The summed E-state index contributed by atoms with van der Waals surface area (Å²) >= 11 is 1.58. The van der Waals surface area contributed by atoms with E-state index >= 15 is 0 Å². The molecule has 5 heteroatoms. The standard InChI is InChI=1S/C14H17NO3S/c1-2-6-19-7-5-15-13(16)11-9-3-4-10(8-9)12(11)14(17)18/h1,3-4,9-12H,5-8H2,(H,15,16)(H,17,18)/t9?,10?,11-,12+/m0/s1. The topological polar surface area (TPSA) is 66.4 Å². The monoisotopic (exact) mass is 279 g/mol. The fraction of sp³-hybridized carbons (Fsp3) is 0.571. The van der Waals surface area contributed by atoms with E-state index in [1.807, 2.05) is 12.2 Å². The summed E-state index contributed by atoms with van der Waals surface area (Å²) in [4.78, 5) is 23.4. The van der Waals surface area contributed by atoms with Gasteiger partial charge in [0, 0.05) is 12.3 Å². The second-order valence-electron chi connectivity index (χ2n) is 4.89. The molecule has 2 N–H and O–H groups in total. The highest BCUT2D eigenvalue weighted by Crippen LogP contribution is 2.48. The number of fused-ring (bicyclic) bond motifs is 2. The van der Waals surface area contributed by atoms with Crippen molar-refractivity contribution in [2.75, 3.05) is 18.1 Å². The van der Waals surface area contributed by atoms with Crippen molar-refractivity contribution >= 4 is 23.6 Å². The molecular formula is C14H17NO3S. The van der Waals surface area contributed by atoms with Crippen LogP contribution in [0, 0.1) is 36.0 Å². The van der Waals surface area contributed by atoms with Gasteiger partial charge in [0.15, 0.2) is 0 Å². The maximum absolute atomic E-state index is 12.1. The highest BCUT2D eigenvalue weighted by atomic mass is 32.2. The van der Waals surface area contributed by atoms with Crippen LogP contribution in [0.1, 0.15) is 6.42 Å². The minimum absolute atomic E-state index is 0.0223. The van der Waals surface area contributed by atoms with Crippen molar-refractivity contribution in [1.29, 1.82) is 0 Å². The molecule has 4 nitrogen and oxygen atoms in total. The lowest BCUT2D eigenvalue weighted by molar-refractivity contribution is -0.147. The number of nitrogens with one attached hydrogen (secondary N) is 1. The maximum atomic E-state index is 12.1. The fourth-order valence-electron chi connectivity index (χ4n) is 3.01. The van der Waals surface area contributed by atoms with Crippen molar-refractivity contribution < 1.29 is 14.7 Å². The molecule has 0 saturated heterocycles. The van der Waals surface area contributed by atoms with Crippen molar-refractivity contribution in [2.24, 2.45) is 23.7 Å². The molecule has 1 saturated carbocycles. The number of amides is 1. The van der Waals surface area contributed by atoms with Crippen molar-refractivity contribution in [3.63, 3.8) is 0 Å². The molecule has 0 aliphatic heterocycles. The molecule has 102 valence electrons. The zero-order chi connectivity index (χ0) is 13.8. The number of thioether (sulfide) groups is 1. The van der Waals surface area contributed by atoms with Gasteiger partial charge in [-0.3, -0.25) is 9.59 Å². The Kier molecular flexibility index (Phi) is 4.54. The summed E-state index contributed by atoms with van der Waals surface area (Å²) in [5, 5.41) is 12.1. The average molecular weight is 279 g/mol. The third-order valence-corrected chi connectivity index (χ3v) is 4.64. The van der Waals surface area contributed by atoms with Gasteiger partial charge in [0.2, 0.25) is 5.91 Å². The Morgan fingerprint density at radius 2 is 2.05 bits per heavy atom. The van der Waals surface area contributed by atoms with Gasteiger partial charge in [0.05, 0.1) is 17.6 Å². The van der Waals surface area contributed by atoms with Crippen molar-refractivity contribution in [3.05, 3.63) is 12.2 Å². The van der Waals surface area contributed by atoms with Crippen molar-refractivity contribution in [3.8, 4) is 12.3 Å². The number of hydrogen-bond donors (Lipinski definition) is 2. The molecule has 19 heavy (non-hydrogen) atoms. The third kappa shape index (κ3) is 2.95. The number of rotatable bonds is 6. The first-order chi connectivity index (χ1) is 9.15. The van der Waals surface area contributed by atoms with E-state index in [2.05, 4.69) is 11.2 Å². The first-order valence-corrected chi connectivity index (χ1v) is 7.50. The van der Waals surface area contributed by atoms with Crippen LogP contribution in [0.5, 0.6) is 0 Å². The van der Waals surface area contributed by atoms with Gasteiger partial charge in [-0.1, -0.05) is 18.1 Å². The van der Waals surface area contributed by atoms with E-state index in [0.29, 0.717) is 12.3 Å². The van der Waals surface area contributed by atoms with Crippen molar-refractivity contribution in [1.82, 2.24) is 5.32 Å². The summed E-state index contributed by atoms with van der Waals surface area (Å²) < 4.78 is 0. The number of allylic oxidation sites excluding steroid dienone is 2. The average Bonchev–Trinajstić information content (AvgIpc) is 2.98. The molecule has 0 aromatic rings. The van der Waals surface area contributed by atoms with Gasteiger partial charge in [-0.15, -0.1) is 18.2 Å². The van der Waals surface area contributed by atoms with E-state index in [1.54, 1.807) is 11.8 Å². The predicted octanol–water partition coefficient (Wildman–Crippen LogP) is 0.992. The first kappa shape index (κ1) is 14.0. The van der Waals surface area contributed by atoms with Crippen LogP contribution in [0.2, 0.25) is 0 Å². The number of carbonyl (C=O) groups is 2. The molecule has 2 aliphatic rings. The lowest BCUT2D eigenvalue weighted by atomic mass is 9.82. The molecule has 0 aromatic heterocycles. The van der Waals surface area contributed by atoms with Gasteiger partial charge in [0.25, 0.3) is 0 Å². The highest BCUT2D eigenvalue weighted by Gasteiger charge is 2.51. The molecule has 2 bridgehead atoms. The molecule has 2 rings (SSSR count). The second kappa shape index (κ2) is 6.16. The van der Waals surface area contributed by atoms with E-state index in [9.17, 15) is 14.7 Å². The van der Waals surface area contributed by atoms with Crippen LogP contribution in [-0.2, 0) is 9.59 Å². The smallest absolute Gasteiger partial charge is 0.307 e. The van der Waals surface area contributed by atoms with Crippen LogP contribution >= 0.6 is 11.8 Å². The summed E-state index contributed by atoms with van der Waals surface area (Å²) in [5.74, 6) is 2.04. The lowest BCUT2D eigenvalue weighted by Gasteiger charge is -2.23. The van der Waals surface area contributed by atoms with Crippen LogP contribution in [0.4, 0.5) is 0 Å². The van der Waals surface area contributed by atoms with E-state index in [-0.39, 0.29) is 17.7 Å². The molecular weight excluding hydrogens is 262 g/mol. The molecule has 2 aliphatic carbocycles. The maximum Gasteiger partial charge on any atom is 0.307 e. The highest BCUT2D eigenvalue weighted by molar-refractivity contribution is 7.99. The summed E-state index contributed by atoms with van der Waals surface area (Å²) in [7, 11) is 0. The SMILES string of the molecule is C#CCSCCNC(=O)[C@H]1C2C=CC(C2)[C@H]1C(=O)O. The Bertz CT molecular complexity index is 440. The Morgan fingerprint density at radius 1 is 1.37 bits per heavy atom. The molecule has 1 fully saturated rings. The minimum Gasteiger partial charge on any atom is -0.481 e. The number of aliphatic carboxylic acids is 1. The van der Waals surface area contributed by atoms with E-state index in [0.717, 1.165) is 12.2 Å². The first-order valence-electron chi connectivity index (χ1n) is 6.35. The van der Waals surface area contributed by atoms with Crippen LogP contribution in [0.25, 0.3) is 0 Å². The molecule has 0 heterocycles. The second-order valence-corrected chi connectivity index (χ2v) is 5.99.